The van der Waals surface area contributed by atoms with Gasteiger partial charge >= 0.3 is 0 Å². The Bertz CT molecular complexity index is 691. The standard InChI is InChI=1S/C14H16N2S/c1-4-8-16-10(3)14-12(15-16)11-7-5-6-9(2)13(11)17-14/h5-7H,4,8H2,1-3H3. The molecule has 2 nitrogen and oxygen atoms in total. The molecule has 88 valence electrons. The fourth-order valence-electron chi connectivity index (χ4n) is 2.33. The summed E-state index contributed by atoms with van der Waals surface area (Å²) in [5, 5.41) is 6.07. The van der Waals surface area contributed by atoms with Crippen LogP contribution in [0, 0.1) is 13.8 Å². The molecule has 2 aromatic heterocycles. The maximum Gasteiger partial charge on any atom is 0.111 e. The number of hydrogen-bond acceptors (Lipinski definition) is 2. The highest BCUT2D eigenvalue weighted by molar-refractivity contribution is 7.26. The lowest BCUT2D eigenvalue weighted by molar-refractivity contribution is 0.593. The van der Waals surface area contributed by atoms with Gasteiger partial charge in [-0.3, -0.25) is 4.68 Å². The topological polar surface area (TPSA) is 17.8 Å². The molecule has 0 bridgehead atoms. The summed E-state index contributed by atoms with van der Waals surface area (Å²) < 4.78 is 4.88. The van der Waals surface area contributed by atoms with Crippen molar-refractivity contribution in [2.45, 2.75) is 33.7 Å². The van der Waals surface area contributed by atoms with E-state index in [1.165, 1.54) is 31.6 Å². The van der Waals surface area contributed by atoms with Crippen LogP contribution in [-0.4, -0.2) is 9.78 Å². The monoisotopic (exact) mass is 244 g/mol. The number of aryl methyl sites for hydroxylation is 3. The van der Waals surface area contributed by atoms with Gasteiger partial charge < -0.3 is 0 Å². The van der Waals surface area contributed by atoms with Crippen LogP contribution in [0.5, 0.6) is 0 Å². The first-order chi connectivity index (χ1) is 8.22. The summed E-state index contributed by atoms with van der Waals surface area (Å²) in [6.45, 7) is 7.56. The molecule has 0 aliphatic rings. The van der Waals surface area contributed by atoms with Gasteiger partial charge in [0.15, 0.2) is 0 Å². The van der Waals surface area contributed by atoms with Crippen LogP contribution in [0.2, 0.25) is 0 Å². The van der Waals surface area contributed by atoms with E-state index in [1.54, 1.807) is 0 Å². The molecule has 0 radical (unpaired) electrons. The van der Waals surface area contributed by atoms with Crippen molar-refractivity contribution in [3.8, 4) is 0 Å². The van der Waals surface area contributed by atoms with Crippen molar-refractivity contribution >= 4 is 31.6 Å². The van der Waals surface area contributed by atoms with E-state index in [9.17, 15) is 0 Å². The van der Waals surface area contributed by atoms with E-state index in [4.69, 9.17) is 5.10 Å². The van der Waals surface area contributed by atoms with Crippen LogP contribution in [0.25, 0.3) is 20.3 Å². The molecule has 0 amide bonds. The van der Waals surface area contributed by atoms with E-state index in [0.717, 1.165) is 13.0 Å². The Morgan fingerprint density at radius 2 is 2.06 bits per heavy atom. The Morgan fingerprint density at radius 1 is 1.24 bits per heavy atom. The first kappa shape index (κ1) is 10.8. The van der Waals surface area contributed by atoms with E-state index in [2.05, 4.69) is 43.7 Å². The summed E-state index contributed by atoms with van der Waals surface area (Å²) in [7, 11) is 0. The summed E-state index contributed by atoms with van der Waals surface area (Å²) in [6.07, 6.45) is 1.13. The van der Waals surface area contributed by atoms with Gasteiger partial charge in [-0.1, -0.05) is 25.1 Å². The zero-order valence-electron chi connectivity index (χ0n) is 10.4. The van der Waals surface area contributed by atoms with Crippen molar-refractivity contribution in [3.05, 3.63) is 29.5 Å². The Balaban J connectivity index is 2.37. The molecule has 2 heterocycles. The van der Waals surface area contributed by atoms with Crippen LogP contribution in [0.15, 0.2) is 18.2 Å². The molecule has 17 heavy (non-hydrogen) atoms. The first-order valence-corrected chi connectivity index (χ1v) is 6.89. The van der Waals surface area contributed by atoms with E-state index < -0.39 is 0 Å². The second-order valence-corrected chi connectivity index (χ2v) is 5.56. The fourth-order valence-corrected chi connectivity index (χ4v) is 3.54. The summed E-state index contributed by atoms with van der Waals surface area (Å²) in [4.78, 5) is 0. The van der Waals surface area contributed by atoms with Crippen molar-refractivity contribution < 1.29 is 0 Å². The highest BCUT2D eigenvalue weighted by Crippen LogP contribution is 2.36. The van der Waals surface area contributed by atoms with E-state index in [1.807, 2.05) is 11.3 Å². The molecule has 3 rings (SSSR count). The van der Waals surface area contributed by atoms with Crippen LogP contribution >= 0.6 is 11.3 Å². The molecular weight excluding hydrogens is 228 g/mol. The molecule has 3 heteroatoms. The summed E-state index contributed by atoms with van der Waals surface area (Å²) in [6, 6.07) is 6.48. The number of hydrogen-bond donors (Lipinski definition) is 0. The summed E-state index contributed by atoms with van der Waals surface area (Å²) in [5.74, 6) is 0. The second kappa shape index (κ2) is 3.84. The van der Waals surface area contributed by atoms with Crippen LogP contribution < -0.4 is 0 Å². The maximum atomic E-state index is 4.76. The third-order valence-corrected chi connectivity index (χ3v) is 4.70. The number of benzene rings is 1. The summed E-state index contributed by atoms with van der Waals surface area (Å²) in [5.41, 5.74) is 3.84. The molecular formula is C14H16N2S. The lowest BCUT2D eigenvalue weighted by Crippen LogP contribution is -2.00. The average Bonchev–Trinajstić information content (AvgIpc) is 2.81. The van der Waals surface area contributed by atoms with Gasteiger partial charge in [0, 0.05) is 16.6 Å². The minimum Gasteiger partial charge on any atom is -0.268 e. The smallest absolute Gasteiger partial charge is 0.111 e. The van der Waals surface area contributed by atoms with Gasteiger partial charge in [0.2, 0.25) is 0 Å². The molecule has 1 aromatic carbocycles. The maximum absolute atomic E-state index is 4.76. The third kappa shape index (κ3) is 1.49. The van der Waals surface area contributed by atoms with Gasteiger partial charge in [-0.25, -0.2) is 0 Å². The zero-order valence-corrected chi connectivity index (χ0v) is 11.3. The Morgan fingerprint density at radius 3 is 2.82 bits per heavy atom. The Hall–Kier alpha value is -1.35. The predicted octanol–water partition coefficient (Wildman–Crippen LogP) is 4.28. The Labute approximate surface area is 105 Å². The minimum atomic E-state index is 1.01. The molecule has 0 aliphatic heterocycles. The van der Waals surface area contributed by atoms with Crippen LogP contribution in [0.4, 0.5) is 0 Å². The second-order valence-electron chi connectivity index (χ2n) is 4.54. The van der Waals surface area contributed by atoms with Crippen molar-refractivity contribution in [1.82, 2.24) is 9.78 Å². The normalized spacial score (nSPS) is 11.7. The highest BCUT2D eigenvalue weighted by atomic mass is 32.1. The predicted molar refractivity (Wildman–Crippen MR) is 74.9 cm³/mol. The van der Waals surface area contributed by atoms with Crippen LogP contribution in [-0.2, 0) is 6.54 Å². The van der Waals surface area contributed by atoms with E-state index in [0.29, 0.717) is 0 Å². The quantitative estimate of drug-likeness (QED) is 0.658. The molecule has 0 unspecified atom stereocenters. The first-order valence-electron chi connectivity index (χ1n) is 6.07. The molecule has 0 saturated carbocycles. The van der Waals surface area contributed by atoms with Crippen molar-refractivity contribution in [1.29, 1.82) is 0 Å². The lowest BCUT2D eigenvalue weighted by Gasteiger charge is -2.00. The van der Waals surface area contributed by atoms with Gasteiger partial charge in [-0.05, 0) is 25.8 Å². The van der Waals surface area contributed by atoms with Gasteiger partial charge in [0.1, 0.15) is 5.52 Å². The zero-order chi connectivity index (χ0) is 12.0. The molecule has 3 aromatic rings. The largest absolute Gasteiger partial charge is 0.268 e. The molecule has 0 saturated heterocycles. The third-order valence-electron chi connectivity index (χ3n) is 3.26. The minimum absolute atomic E-state index is 1.01. The number of thiophene rings is 1. The fraction of sp³-hybridized carbons (Fsp3) is 0.357. The molecule has 0 atom stereocenters. The highest BCUT2D eigenvalue weighted by Gasteiger charge is 2.14. The van der Waals surface area contributed by atoms with Crippen molar-refractivity contribution in [3.63, 3.8) is 0 Å². The number of rotatable bonds is 2. The van der Waals surface area contributed by atoms with Crippen LogP contribution in [0.3, 0.4) is 0 Å². The van der Waals surface area contributed by atoms with Gasteiger partial charge in [0.25, 0.3) is 0 Å². The SMILES string of the molecule is CCCn1nc2c(sc3c(C)cccc32)c1C. The van der Waals surface area contributed by atoms with Crippen LogP contribution in [0.1, 0.15) is 24.6 Å². The van der Waals surface area contributed by atoms with Crippen molar-refractivity contribution in [2.24, 2.45) is 0 Å². The number of nitrogens with zero attached hydrogens (tertiary/aromatic N) is 2. The van der Waals surface area contributed by atoms with E-state index in [-0.39, 0.29) is 0 Å². The summed E-state index contributed by atoms with van der Waals surface area (Å²) >= 11 is 1.88. The molecule has 0 aliphatic carbocycles. The molecule has 0 spiro atoms. The van der Waals surface area contributed by atoms with Gasteiger partial charge in [-0.15, -0.1) is 11.3 Å². The lowest BCUT2D eigenvalue weighted by atomic mass is 10.2. The van der Waals surface area contributed by atoms with Crippen molar-refractivity contribution in [2.75, 3.05) is 0 Å². The number of fused-ring (bicyclic) bond motifs is 3. The van der Waals surface area contributed by atoms with Gasteiger partial charge in [0.05, 0.1) is 10.4 Å². The average molecular weight is 244 g/mol. The van der Waals surface area contributed by atoms with E-state index >= 15 is 0 Å². The number of aromatic nitrogens is 2. The van der Waals surface area contributed by atoms with Gasteiger partial charge in [-0.2, -0.15) is 5.10 Å². The molecule has 0 N–H and O–H groups in total. The Kier molecular flexibility index (Phi) is 2.44. The molecule has 0 fully saturated rings.